The summed E-state index contributed by atoms with van der Waals surface area (Å²) in [7, 11) is 0. The molecule has 156 valence electrons. The Bertz CT molecular complexity index is 1270. The number of thiazole rings is 1. The second kappa shape index (κ2) is 8.45. The van der Waals surface area contributed by atoms with E-state index in [4.69, 9.17) is 21.7 Å². The van der Waals surface area contributed by atoms with Gasteiger partial charge in [-0.2, -0.15) is 5.10 Å². The van der Waals surface area contributed by atoms with Crippen LogP contribution in [-0.4, -0.2) is 30.7 Å². The molecular formula is C22H18ClN5OS2. The number of anilines is 1. The summed E-state index contributed by atoms with van der Waals surface area (Å²) in [4.78, 5) is 22.1. The maximum absolute atomic E-state index is 12.1. The fourth-order valence-corrected chi connectivity index (χ4v) is 5.49. The fourth-order valence-electron chi connectivity index (χ4n) is 3.71. The molecule has 1 aromatic carbocycles. The number of aromatic nitrogens is 4. The molecule has 3 aromatic heterocycles. The summed E-state index contributed by atoms with van der Waals surface area (Å²) < 4.78 is 1.91. The van der Waals surface area contributed by atoms with Crippen molar-refractivity contribution in [2.45, 2.75) is 19.8 Å². The van der Waals surface area contributed by atoms with Gasteiger partial charge in [-0.15, -0.1) is 0 Å². The number of fused-ring (bicyclic) bond motifs is 3. The number of nitrogens with one attached hydrogen (secondary N) is 1. The molecule has 1 N–H and O–H groups in total. The number of hydrogen-bond donors (Lipinski definition) is 1. The molecule has 4 aromatic rings. The van der Waals surface area contributed by atoms with E-state index >= 15 is 0 Å². The van der Waals surface area contributed by atoms with Crippen molar-refractivity contribution in [2.24, 2.45) is 0 Å². The van der Waals surface area contributed by atoms with E-state index in [1.807, 2.05) is 54.2 Å². The SMILES string of the molecule is CCSC(=O)Nc1nc2c(s1)-c1c(c(-c3cccnc3)nn1-c1ccccc1Cl)CC2. The average molecular weight is 468 g/mol. The zero-order valence-electron chi connectivity index (χ0n) is 16.6. The molecule has 0 fully saturated rings. The van der Waals surface area contributed by atoms with Gasteiger partial charge in [-0.25, -0.2) is 9.67 Å². The lowest BCUT2D eigenvalue weighted by atomic mass is 9.95. The van der Waals surface area contributed by atoms with E-state index in [1.54, 1.807) is 6.20 Å². The van der Waals surface area contributed by atoms with Crippen LogP contribution in [0.25, 0.3) is 27.5 Å². The zero-order valence-corrected chi connectivity index (χ0v) is 19.0. The highest BCUT2D eigenvalue weighted by molar-refractivity contribution is 8.13. The van der Waals surface area contributed by atoms with Gasteiger partial charge in [-0.3, -0.25) is 15.1 Å². The molecule has 6 nitrogen and oxygen atoms in total. The quantitative estimate of drug-likeness (QED) is 0.393. The first-order valence-electron chi connectivity index (χ1n) is 9.86. The molecule has 9 heteroatoms. The number of halogens is 1. The van der Waals surface area contributed by atoms with Crippen molar-refractivity contribution < 1.29 is 4.79 Å². The molecule has 31 heavy (non-hydrogen) atoms. The van der Waals surface area contributed by atoms with Crippen LogP contribution in [0.2, 0.25) is 5.02 Å². The van der Waals surface area contributed by atoms with Gasteiger partial charge in [0.05, 0.1) is 32.7 Å². The number of benzene rings is 1. The maximum atomic E-state index is 12.1. The molecule has 0 saturated heterocycles. The number of thioether (sulfide) groups is 1. The second-order valence-corrected chi connectivity index (χ2v) is 9.56. The van der Waals surface area contributed by atoms with Crippen LogP contribution >= 0.6 is 34.7 Å². The van der Waals surface area contributed by atoms with Crippen LogP contribution in [0.15, 0.2) is 48.8 Å². The van der Waals surface area contributed by atoms with Crippen LogP contribution in [-0.2, 0) is 12.8 Å². The molecule has 0 spiro atoms. The number of pyridine rings is 1. The Morgan fingerprint density at radius 1 is 1.26 bits per heavy atom. The number of aryl methyl sites for hydroxylation is 1. The smallest absolute Gasteiger partial charge is 0.285 e. The Labute approximate surface area is 192 Å². The average Bonchev–Trinajstić information content (AvgIpc) is 3.35. The van der Waals surface area contributed by atoms with Gasteiger partial charge in [-0.05, 0) is 42.9 Å². The van der Waals surface area contributed by atoms with E-state index in [0.717, 1.165) is 57.4 Å². The highest BCUT2D eigenvalue weighted by Gasteiger charge is 2.30. The number of rotatable bonds is 4. The first kappa shape index (κ1) is 20.2. The van der Waals surface area contributed by atoms with Crippen molar-refractivity contribution in [1.82, 2.24) is 19.7 Å². The summed E-state index contributed by atoms with van der Waals surface area (Å²) in [5, 5.41) is 9.01. The van der Waals surface area contributed by atoms with E-state index in [-0.39, 0.29) is 5.24 Å². The highest BCUT2D eigenvalue weighted by atomic mass is 35.5. The van der Waals surface area contributed by atoms with Crippen LogP contribution in [0.5, 0.6) is 0 Å². The number of hydrogen-bond acceptors (Lipinski definition) is 6. The Morgan fingerprint density at radius 2 is 2.13 bits per heavy atom. The van der Waals surface area contributed by atoms with Gasteiger partial charge in [0.25, 0.3) is 5.24 Å². The molecular weight excluding hydrogens is 450 g/mol. The molecule has 3 heterocycles. The van der Waals surface area contributed by atoms with E-state index in [1.165, 1.54) is 23.1 Å². The van der Waals surface area contributed by atoms with E-state index < -0.39 is 0 Å². The minimum absolute atomic E-state index is 0.0931. The van der Waals surface area contributed by atoms with Gasteiger partial charge >= 0.3 is 0 Å². The van der Waals surface area contributed by atoms with Crippen LogP contribution in [0, 0.1) is 0 Å². The van der Waals surface area contributed by atoms with E-state index in [0.29, 0.717) is 10.2 Å². The van der Waals surface area contributed by atoms with Gasteiger partial charge in [0.15, 0.2) is 5.13 Å². The minimum atomic E-state index is -0.0931. The normalized spacial score (nSPS) is 12.3. The monoisotopic (exact) mass is 467 g/mol. The Balaban J connectivity index is 1.69. The Morgan fingerprint density at radius 3 is 2.90 bits per heavy atom. The number of nitrogens with zero attached hydrogens (tertiary/aromatic N) is 4. The van der Waals surface area contributed by atoms with Crippen LogP contribution < -0.4 is 5.32 Å². The van der Waals surface area contributed by atoms with Crippen molar-refractivity contribution >= 4 is 45.1 Å². The van der Waals surface area contributed by atoms with Crippen molar-refractivity contribution in [3.63, 3.8) is 0 Å². The Kier molecular flexibility index (Phi) is 5.52. The summed E-state index contributed by atoms with van der Waals surface area (Å²) in [6.45, 7) is 1.95. The fraction of sp³-hybridized carbons (Fsp3) is 0.182. The van der Waals surface area contributed by atoms with Crippen LogP contribution in [0.3, 0.4) is 0 Å². The van der Waals surface area contributed by atoms with Crippen LogP contribution in [0.4, 0.5) is 9.93 Å². The maximum Gasteiger partial charge on any atom is 0.285 e. The largest absolute Gasteiger partial charge is 0.293 e. The molecule has 0 saturated carbocycles. The highest BCUT2D eigenvalue weighted by Crippen LogP contribution is 2.44. The third kappa shape index (κ3) is 3.75. The second-order valence-electron chi connectivity index (χ2n) is 6.92. The predicted octanol–water partition coefficient (Wildman–Crippen LogP) is 6.09. The molecule has 0 aliphatic heterocycles. The summed E-state index contributed by atoms with van der Waals surface area (Å²) in [5.74, 6) is 0.717. The summed E-state index contributed by atoms with van der Waals surface area (Å²) in [6, 6.07) is 11.6. The van der Waals surface area contributed by atoms with E-state index in [2.05, 4.69) is 10.3 Å². The molecule has 0 atom stereocenters. The molecule has 1 amide bonds. The molecule has 0 radical (unpaired) electrons. The van der Waals surface area contributed by atoms with Gasteiger partial charge in [0.1, 0.15) is 0 Å². The number of carbonyl (C=O) groups excluding carboxylic acids is 1. The summed E-state index contributed by atoms with van der Waals surface area (Å²) in [6.07, 6.45) is 5.18. The third-order valence-electron chi connectivity index (χ3n) is 5.01. The van der Waals surface area contributed by atoms with E-state index in [9.17, 15) is 4.79 Å². The lowest BCUT2D eigenvalue weighted by molar-refractivity contribution is 0.270. The number of amides is 1. The third-order valence-corrected chi connectivity index (χ3v) is 7.00. The topological polar surface area (TPSA) is 72.7 Å². The first-order chi connectivity index (χ1) is 15.2. The molecule has 1 aliphatic rings. The van der Waals surface area contributed by atoms with Gasteiger partial charge in [0, 0.05) is 23.5 Å². The standard InChI is InChI=1S/C22H18ClN5OS2/c1-2-30-22(29)26-21-25-16-10-9-14-18(13-6-5-11-24-12-13)27-28(19(14)20(16)31-21)17-8-4-3-7-15(17)23/h3-8,11-12H,2,9-10H2,1H3,(H,25,26,29). The minimum Gasteiger partial charge on any atom is -0.293 e. The lowest BCUT2D eigenvalue weighted by Crippen LogP contribution is -2.07. The molecule has 0 unspecified atom stereocenters. The summed E-state index contributed by atoms with van der Waals surface area (Å²) >= 11 is 9.26. The zero-order chi connectivity index (χ0) is 21.4. The Hall–Kier alpha value is -2.68. The number of para-hydroxylation sites is 1. The van der Waals surface area contributed by atoms with Crippen molar-refractivity contribution in [2.75, 3.05) is 11.1 Å². The number of carbonyl (C=O) groups is 1. The van der Waals surface area contributed by atoms with Crippen molar-refractivity contribution in [3.05, 3.63) is 65.1 Å². The summed E-state index contributed by atoms with van der Waals surface area (Å²) in [5.41, 5.74) is 5.77. The molecule has 5 rings (SSSR count). The molecule has 1 aliphatic carbocycles. The first-order valence-corrected chi connectivity index (χ1v) is 12.0. The predicted molar refractivity (Wildman–Crippen MR) is 127 cm³/mol. The van der Waals surface area contributed by atoms with Gasteiger partial charge < -0.3 is 0 Å². The lowest BCUT2D eigenvalue weighted by Gasteiger charge is -2.14. The van der Waals surface area contributed by atoms with Gasteiger partial charge in [0.2, 0.25) is 0 Å². The van der Waals surface area contributed by atoms with Crippen LogP contribution in [0.1, 0.15) is 18.2 Å². The van der Waals surface area contributed by atoms with Crippen molar-refractivity contribution in [1.29, 1.82) is 0 Å². The van der Waals surface area contributed by atoms with Gasteiger partial charge in [-0.1, -0.05) is 53.8 Å². The molecule has 0 bridgehead atoms. The van der Waals surface area contributed by atoms with Crippen molar-refractivity contribution in [3.8, 4) is 27.5 Å².